The van der Waals surface area contributed by atoms with Gasteiger partial charge in [0, 0.05) is 27.1 Å². The summed E-state index contributed by atoms with van der Waals surface area (Å²) in [5.41, 5.74) is 1.59. The molecule has 1 heterocycles. The third kappa shape index (κ3) is 2.67. The summed E-state index contributed by atoms with van der Waals surface area (Å²) in [5, 5.41) is 6.36. The standard InChI is InChI=1S/C12H16FN3O/c1-16(2)12(17)6-9-7-14-10-4-3-8(13)5-11(10)15-9/h3-5,9,14-15H,6-7H2,1-2H3/t9-/m0/s1. The third-order valence-electron chi connectivity index (χ3n) is 2.80. The fraction of sp³-hybridized carbons (Fsp3) is 0.417. The van der Waals surface area contributed by atoms with Gasteiger partial charge in [0.15, 0.2) is 0 Å². The molecule has 1 aliphatic heterocycles. The molecular formula is C12H16FN3O. The summed E-state index contributed by atoms with van der Waals surface area (Å²) in [6.07, 6.45) is 0.399. The molecule has 4 nitrogen and oxygen atoms in total. The van der Waals surface area contributed by atoms with Crippen LogP contribution in [0.1, 0.15) is 6.42 Å². The van der Waals surface area contributed by atoms with E-state index in [0.717, 1.165) is 5.69 Å². The minimum absolute atomic E-state index is 0.000741. The zero-order valence-electron chi connectivity index (χ0n) is 9.96. The Morgan fingerprint density at radius 1 is 1.47 bits per heavy atom. The first-order chi connectivity index (χ1) is 8.06. The van der Waals surface area contributed by atoms with E-state index in [1.165, 1.54) is 12.1 Å². The van der Waals surface area contributed by atoms with Gasteiger partial charge in [0.05, 0.1) is 17.4 Å². The number of amides is 1. The van der Waals surface area contributed by atoms with E-state index in [4.69, 9.17) is 0 Å². The number of fused-ring (bicyclic) bond motifs is 1. The Labute approximate surface area is 99.8 Å². The first kappa shape index (κ1) is 11.7. The van der Waals surface area contributed by atoms with Crippen molar-refractivity contribution >= 4 is 17.3 Å². The molecular weight excluding hydrogens is 221 g/mol. The van der Waals surface area contributed by atoms with Crippen LogP contribution >= 0.6 is 0 Å². The lowest BCUT2D eigenvalue weighted by atomic mass is 10.1. The highest BCUT2D eigenvalue weighted by Gasteiger charge is 2.20. The average Bonchev–Trinajstić information content (AvgIpc) is 2.28. The minimum Gasteiger partial charge on any atom is -0.381 e. The van der Waals surface area contributed by atoms with Gasteiger partial charge in [-0.1, -0.05) is 0 Å². The molecule has 17 heavy (non-hydrogen) atoms. The molecule has 92 valence electrons. The maximum absolute atomic E-state index is 13.1. The molecule has 0 saturated carbocycles. The molecule has 2 N–H and O–H groups in total. The number of nitrogens with one attached hydrogen (secondary N) is 2. The molecule has 2 rings (SSSR count). The van der Waals surface area contributed by atoms with E-state index in [2.05, 4.69) is 10.6 Å². The maximum atomic E-state index is 13.1. The van der Waals surface area contributed by atoms with Gasteiger partial charge in [-0.3, -0.25) is 4.79 Å². The Bertz CT molecular complexity index is 434. The van der Waals surface area contributed by atoms with Crippen molar-refractivity contribution in [2.75, 3.05) is 31.3 Å². The molecule has 1 aromatic carbocycles. The summed E-state index contributed by atoms with van der Waals surface area (Å²) in [4.78, 5) is 13.1. The van der Waals surface area contributed by atoms with Crippen molar-refractivity contribution in [2.45, 2.75) is 12.5 Å². The van der Waals surface area contributed by atoms with E-state index in [9.17, 15) is 9.18 Å². The summed E-state index contributed by atoms with van der Waals surface area (Å²) in [5.74, 6) is -0.221. The van der Waals surface area contributed by atoms with Gasteiger partial charge < -0.3 is 15.5 Å². The Morgan fingerprint density at radius 3 is 2.94 bits per heavy atom. The van der Waals surface area contributed by atoms with Crippen LogP contribution in [0.2, 0.25) is 0 Å². The Morgan fingerprint density at radius 2 is 2.24 bits per heavy atom. The van der Waals surface area contributed by atoms with E-state index in [1.807, 2.05) is 0 Å². The zero-order chi connectivity index (χ0) is 12.4. The van der Waals surface area contributed by atoms with Crippen molar-refractivity contribution < 1.29 is 9.18 Å². The van der Waals surface area contributed by atoms with Gasteiger partial charge >= 0.3 is 0 Å². The van der Waals surface area contributed by atoms with Gasteiger partial charge in [0.2, 0.25) is 5.91 Å². The molecule has 1 aromatic rings. The van der Waals surface area contributed by atoms with Gasteiger partial charge in [0.25, 0.3) is 0 Å². The second kappa shape index (κ2) is 4.61. The lowest BCUT2D eigenvalue weighted by Crippen LogP contribution is -2.37. The van der Waals surface area contributed by atoms with Crippen LogP contribution < -0.4 is 10.6 Å². The topological polar surface area (TPSA) is 44.4 Å². The smallest absolute Gasteiger partial charge is 0.224 e. The molecule has 0 saturated heterocycles. The Balaban J connectivity index is 2.05. The summed E-state index contributed by atoms with van der Waals surface area (Å²) >= 11 is 0. The van der Waals surface area contributed by atoms with Crippen LogP contribution in [0.5, 0.6) is 0 Å². The van der Waals surface area contributed by atoms with Gasteiger partial charge in [-0.25, -0.2) is 4.39 Å². The predicted octanol–water partition coefficient (Wildman–Crippen LogP) is 1.51. The van der Waals surface area contributed by atoms with Gasteiger partial charge in [-0.2, -0.15) is 0 Å². The van der Waals surface area contributed by atoms with E-state index in [1.54, 1.807) is 25.1 Å². The summed E-state index contributed by atoms with van der Waals surface area (Å²) in [6, 6.07) is 4.55. The van der Waals surface area contributed by atoms with Crippen molar-refractivity contribution in [3.05, 3.63) is 24.0 Å². The van der Waals surface area contributed by atoms with Crippen LogP contribution in [-0.4, -0.2) is 37.5 Å². The van der Waals surface area contributed by atoms with E-state index in [0.29, 0.717) is 18.7 Å². The van der Waals surface area contributed by atoms with E-state index in [-0.39, 0.29) is 17.8 Å². The number of carbonyl (C=O) groups excluding carboxylic acids is 1. The van der Waals surface area contributed by atoms with Crippen molar-refractivity contribution in [1.82, 2.24) is 4.90 Å². The second-order valence-electron chi connectivity index (χ2n) is 4.40. The van der Waals surface area contributed by atoms with Crippen LogP contribution in [0, 0.1) is 5.82 Å². The number of hydrogen-bond acceptors (Lipinski definition) is 3. The van der Waals surface area contributed by atoms with Crippen LogP contribution in [0.4, 0.5) is 15.8 Å². The monoisotopic (exact) mass is 237 g/mol. The highest BCUT2D eigenvalue weighted by atomic mass is 19.1. The molecule has 1 atom stereocenters. The van der Waals surface area contributed by atoms with Crippen LogP contribution in [0.3, 0.4) is 0 Å². The molecule has 0 bridgehead atoms. The first-order valence-corrected chi connectivity index (χ1v) is 5.56. The lowest BCUT2D eigenvalue weighted by Gasteiger charge is -2.28. The zero-order valence-corrected chi connectivity index (χ0v) is 9.96. The number of halogens is 1. The van der Waals surface area contributed by atoms with Crippen molar-refractivity contribution in [2.24, 2.45) is 0 Å². The average molecular weight is 237 g/mol. The van der Waals surface area contributed by atoms with Crippen molar-refractivity contribution in [1.29, 1.82) is 0 Å². The Kier molecular flexibility index (Phi) is 3.17. The Hall–Kier alpha value is -1.78. The van der Waals surface area contributed by atoms with Gasteiger partial charge in [-0.05, 0) is 18.2 Å². The molecule has 1 amide bonds. The summed E-state index contributed by atoms with van der Waals surface area (Å²) < 4.78 is 13.1. The molecule has 0 aliphatic carbocycles. The third-order valence-corrected chi connectivity index (χ3v) is 2.80. The number of anilines is 2. The van der Waals surface area contributed by atoms with E-state index >= 15 is 0 Å². The highest BCUT2D eigenvalue weighted by molar-refractivity contribution is 5.78. The number of benzene rings is 1. The SMILES string of the molecule is CN(C)C(=O)C[C@H]1CNc2ccc(F)cc2N1. The normalized spacial score (nSPS) is 17.7. The fourth-order valence-corrected chi connectivity index (χ4v) is 1.81. The summed E-state index contributed by atoms with van der Waals surface area (Å²) in [6.45, 7) is 0.665. The van der Waals surface area contributed by atoms with Crippen molar-refractivity contribution in [3.63, 3.8) is 0 Å². The van der Waals surface area contributed by atoms with Gasteiger partial charge in [0.1, 0.15) is 5.82 Å². The second-order valence-corrected chi connectivity index (χ2v) is 4.40. The first-order valence-electron chi connectivity index (χ1n) is 5.56. The largest absolute Gasteiger partial charge is 0.381 e. The van der Waals surface area contributed by atoms with Crippen LogP contribution in [-0.2, 0) is 4.79 Å². The molecule has 1 aliphatic rings. The fourth-order valence-electron chi connectivity index (χ4n) is 1.81. The molecule has 0 radical (unpaired) electrons. The van der Waals surface area contributed by atoms with Gasteiger partial charge in [-0.15, -0.1) is 0 Å². The maximum Gasteiger partial charge on any atom is 0.224 e. The van der Waals surface area contributed by atoms with E-state index < -0.39 is 0 Å². The molecule has 5 heteroatoms. The molecule has 0 unspecified atom stereocenters. The quantitative estimate of drug-likeness (QED) is 0.819. The highest BCUT2D eigenvalue weighted by Crippen LogP contribution is 2.27. The number of carbonyl (C=O) groups is 1. The van der Waals surface area contributed by atoms with Crippen LogP contribution in [0.25, 0.3) is 0 Å². The number of nitrogens with zero attached hydrogens (tertiary/aromatic N) is 1. The number of rotatable bonds is 2. The molecule has 0 aromatic heterocycles. The predicted molar refractivity (Wildman–Crippen MR) is 65.6 cm³/mol. The molecule has 0 fully saturated rings. The number of hydrogen-bond donors (Lipinski definition) is 2. The lowest BCUT2D eigenvalue weighted by molar-refractivity contribution is -0.128. The minimum atomic E-state index is -0.280. The summed E-state index contributed by atoms with van der Waals surface area (Å²) in [7, 11) is 3.46. The van der Waals surface area contributed by atoms with Crippen LogP contribution in [0.15, 0.2) is 18.2 Å². The van der Waals surface area contributed by atoms with Crippen molar-refractivity contribution in [3.8, 4) is 0 Å². The molecule has 0 spiro atoms.